The standard InChI is InChI=1S/C21H22FN3O5/c1-14-19(24(27)28)12-16(13-20(14)25(29)30)21(26)23(18-4-2-3-5-18)11-10-15-6-8-17(22)9-7-15/h6-9,12-13,18H,2-5,10-11H2,1H3. The van der Waals surface area contributed by atoms with Crippen LogP contribution in [0.4, 0.5) is 15.8 Å². The van der Waals surface area contributed by atoms with E-state index in [1.807, 2.05) is 0 Å². The van der Waals surface area contributed by atoms with Crippen molar-refractivity contribution in [2.45, 2.75) is 45.1 Å². The largest absolute Gasteiger partial charge is 0.335 e. The lowest BCUT2D eigenvalue weighted by Gasteiger charge is -2.29. The first-order valence-corrected chi connectivity index (χ1v) is 9.76. The second-order valence-corrected chi connectivity index (χ2v) is 7.47. The molecular formula is C21H22FN3O5. The van der Waals surface area contributed by atoms with E-state index in [9.17, 15) is 29.4 Å². The Hall–Kier alpha value is -3.36. The van der Waals surface area contributed by atoms with Crippen LogP contribution in [0.2, 0.25) is 0 Å². The molecule has 8 nitrogen and oxygen atoms in total. The molecule has 0 heterocycles. The summed E-state index contributed by atoms with van der Waals surface area (Å²) in [6, 6.07) is 8.20. The first-order chi connectivity index (χ1) is 14.3. The highest BCUT2D eigenvalue weighted by atomic mass is 19.1. The van der Waals surface area contributed by atoms with Crippen molar-refractivity contribution < 1.29 is 19.0 Å². The van der Waals surface area contributed by atoms with Gasteiger partial charge in [-0.05, 0) is 43.9 Å². The number of amides is 1. The summed E-state index contributed by atoms with van der Waals surface area (Å²) in [5, 5.41) is 22.7. The molecule has 0 unspecified atom stereocenters. The molecule has 0 atom stereocenters. The first kappa shape index (κ1) is 21.4. The Morgan fingerprint density at radius 1 is 1.07 bits per heavy atom. The van der Waals surface area contributed by atoms with Crippen molar-refractivity contribution in [1.82, 2.24) is 4.90 Å². The molecule has 0 aliphatic heterocycles. The average Bonchev–Trinajstić information content (AvgIpc) is 3.23. The van der Waals surface area contributed by atoms with Crippen molar-refractivity contribution in [2.24, 2.45) is 0 Å². The lowest BCUT2D eigenvalue weighted by molar-refractivity contribution is -0.395. The predicted molar refractivity (Wildman–Crippen MR) is 108 cm³/mol. The fourth-order valence-electron chi connectivity index (χ4n) is 3.92. The molecule has 1 saturated carbocycles. The van der Waals surface area contributed by atoms with E-state index in [2.05, 4.69) is 0 Å². The van der Waals surface area contributed by atoms with E-state index < -0.39 is 27.1 Å². The van der Waals surface area contributed by atoms with Crippen molar-refractivity contribution in [3.63, 3.8) is 0 Å². The number of hydrogen-bond donors (Lipinski definition) is 0. The molecule has 1 aliphatic carbocycles. The van der Waals surface area contributed by atoms with Crippen molar-refractivity contribution >= 4 is 17.3 Å². The first-order valence-electron chi connectivity index (χ1n) is 9.76. The smallest absolute Gasteiger partial charge is 0.279 e. The number of nitrogens with zero attached hydrogens (tertiary/aromatic N) is 3. The summed E-state index contributed by atoms with van der Waals surface area (Å²) in [4.78, 5) is 36.2. The van der Waals surface area contributed by atoms with E-state index in [0.717, 1.165) is 43.4 Å². The lowest BCUT2D eigenvalue weighted by Crippen LogP contribution is -2.40. The maximum atomic E-state index is 13.3. The fourth-order valence-corrected chi connectivity index (χ4v) is 3.92. The molecule has 2 aromatic rings. The van der Waals surface area contributed by atoms with Gasteiger partial charge in [0.1, 0.15) is 11.4 Å². The molecule has 30 heavy (non-hydrogen) atoms. The van der Waals surface area contributed by atoms with Gasteiger partial charge in [0.2, 0.25) is 0 Å². The van der Waals surface area contributed by atoms with Gasteiger partial charge in [0.05, 0.1) is 15.4 Å². The predicted octanol–water partition coefficient (Wildman–Crippen LogP) is 4.58. The Morgan fingerprint density at radius 2 is 1.60 bits per heavy atom. The Kier molecular flexibility index (Phi) is 6.39. The number of nitro benzene ring substituents is 2. The summed E-state index contributed by atoms with van der Waals surface area (Å²) in [7, 11) is 0. The highest BCUT2D eigenvalue weighted by Crippen LogP contribution is 2.31. The molecule has 1 aliphatic rings. The molecule has 1 fully saturated rings. The highest BCUT2D eigenvalue weighted by Gasteiger charge is 2.31. The van der Waals surface area contributed by atoms with Gasteiger partial charge in [0.15, 0.2) is 0 Å². The van der Waals surface area contributed by atoms with Crippen LogP contribution in [-0.4, -0.2) is 33.2 Å². The van der Waals surface area contributed by atoms with E-state index in [1.54, 1.807) is 17.0 Å². The number of carbonyl (C=O) groups is 1. The Balaban J connectivity index is 1.93. The normalized spacial score (nSPS) is 13.9. The Bertz CT molecular complexity index is 936. The molecule has 0 aromatic heterocycles. The summed E-state index contributed by atoms with van der Waals surface area (Å²) in [6.07, 6.45) is 4.05. The Labute approximate surface area is 172 Å². The van der Waals surface area contributed by atoms with Crippen LogP contribution in [0.5, 0.6) is 0 Å². The molecule has 0 spiro atoms. The highest BCUT2D eigenvalue weighted by molar-refractivity contribution is 5.96. The van der Waals surface area contributed by atoms with Gasteiger partial charge >= 0.3 is 0 Å². The zero-order valence-corrected chi connectivity index (χ0v) is 16.5. The lowest BCUT2D eigenvalue weighted by atomic mass is 10.0. The maximum Gasteiger partial charge on any atom is 0.279 e. The third-order valence-electron chi connectivity index (χ3n) is 5.57. The van der Waals surface area contributed by atoms with Gasteiger partial charge in [-0.1, -0.05) is 25.0 Å². The molecule has 0 bridgehead atoms. The zero-order chi connectivity index (χ0) is 21.8. The number of nitro groups is 2. The monoisotopic (exact) mass is 415 g/mol. The van der Waals surface area contributed by atoms with Crippen molar-refractivity contribution in [3.05, 3.63) is 79.1 Å². The SMILES string of the molecule is Cc1c([N+](=O)[O-])cc(C(=O)N(CCc2ccc(F)cc2)C2CCCC2)cc1[N+](=O)[O-]. The van der Waals surface area contributed by atoms with Crippen LogP contribution in [0, 0.1) is 33.0 Å². The van der Waals surface area contributed by atoms with Crippen LogP contribution in [0.15, 0.2) is 36.4 Å². The van der Waals surface area contributed by atoms with Gasteiger partial charge in [-0.25, -0.2) is 4.39 Å². The molecule has 0 N–H and O–H groups in total. The summed E-state index contributed by atoms with van der Waals surface area (Å²) < 4.78 is 13.1. The number of benzene rings is 2. The molecule has 1 amide bonds. The maximum absolute atomic E-state index is 13.3. The van der Waals surface area contributed by atoms with Crippen LogP contribution in [-0.2, 0) is 6.42 Å². The summed E-state index contributed by atoms with van der Waals surface area (Å²) >= 11 is 0. The van der Waals surface area contributed by atoms with Crippen LogP contribution >= 0.6 is 0 Å². The van der Waals surface area contributed by atoms with Crippen LogP contribution in [0.3, 0.4) is 0 Å². The Morgan fingerprint density at radius 3 is 2.10 bits per heavy atom. The van der Waals surface area contributed by atoms with Crippen LogP contribution < -0.4 is 0 Å². The van der Waals surface area contributed by atoms with Gasteiger partial charge in [-0.2, -0.15) is 0 Å². The summed E-state index contributed by atoms with van der Waals surface area (Å²) in [6.45, 7) is 1.64. The molecular weight excluding hydrogens is 393 g/mol. The third-order valence-corrected chi connectivity index (χ3v) is 5.57. The molecule has 2 aromatic carbocycles. The number of halogens is 1. The van der Waals surface area contributed by atoms with Gasteiger partial charge in [-0.15, -0.1) is 0 Å². The second-order valence-electron chi connectivity index (χ2n) is 7.47. The minimum Gasteiger partial charge on any atom is -0.335 e. The molecule has 3 rings (SSSR count). The molecule has 0 radical (unpaired) electrons. The second kappa shape index (κ2) is 8.98. The van der Waals surface area contributed by atoms with E-state index >= 15 is 0 Å². The van der Waals surface area contributed by atoms with Gasteiger partial charge in [0.25, 0.3) is 17.3 Å². The molecule has 0 saturated heterocycles. The van der Waals surface area contributed by atoms with Gasteiger partial charge in [-0.3, -0.25) is 25.0 Å². The van der Waals surface area contributed by atoms with E-state index in [0.29, 0.717) is 13.0 Å². The minimum atomic E-state index is -0.711. The molecule has 9 heteroatoms. The summed E-state index contributed by atoms with van der Waals surface area (Å²) in [5.74, 6) is -0.808. The van der Waals surface area contributed by atoms with Crippen molar-refractivity contribution in [3.8, 4) is 0 Å². The van der Waals surface area contributed by atoms with Crippen molar-refractivity contribution in [1.29, 1.82) is 0 Å². The minimum absolute atomic E-state index is 0.0302. The van der Waals surface area contributed by atoms with E-state index in [1.165, 1.54) is 19.1 Å². The number of carbonyl (C=O) groups excluding carboxylic acids is 1. The van der Waals surface area contributed by atoms with E-state index in [-0.39, 0.29) is 23.0 Å². The van der Waals surface area contributed by atoms with Crippen molar-refractivity contribution in [2.75, 3.05) is 6.54 Å². The van der Waals surface area contributed by atoms with Gasteiger partial charge < -0.3 is 4.90 Å². The average molecular weight is 415 g/mol. The third kappa shape index (κ3) is 4.61. The number of hydrogen-bond acceptors (Lipinski definition) is 5. The topological polar surface area (TPSA) is 107 Å². The molecule has 158 valence electrons. The zero-order valence-electron chi connectivity index (χ0n) is 16.5. The number of rotatable bonds is 7. The fraction of sp³-hybridized carbons (Fsp3) is 0.381. The van der Waals surface area contributed by atoms with Crippen LogP contribution in [0.25, 0.3) is 0 Å². The van der Waals surface area contributed by atoms with Gasteiger partial charge in [0, 0.05) is 24.7 Å². The van der Waals surface area contributed by atoms with E-state index in [4.69, 9.17) is 0 Å². The quantitative estimate of drug-likeness (QED) is 0.486. The summed E-state index contributed by atoms with van der Waals surface area (Å²) in [5.41, 5.74) is -0.187. The van der Waals surface area contributed by atoms with Crippen LogP contribution in [0.1, 0.15) is 47.2 Å².